The molecule has 2 N–H and O–H groups in total. The van der Waals surface area contributed by atoms with E-state index in [0.717, 1.165) is 12.3 Å². The van der Waals surface area contributed by atoms with Gasteiger partial charge in [0.05, 0.1) is 22.6 Å². The van der Waals surface area contributed by atoms with Gasteiger partial charge in [0, 0.05) is 26.3 Å². The number of ether oxygens (including phenoxy) is 1. The van der Waals surface area contributed by atoms with E-state index in [2.05, 4.69) is 15.6 Å². The minimum atomic E-state index is -0.630. The van der Waals surface area contributed by atoms with Crippen LogP contribution in [0.2, 0.25) is 5.15 Å². The van der Waals surface area contributed by atoms with Crippen LogP contribution in [-0.2, 0) is 4.74 Å². The number of hydrogen-bond acceptors (Lipinski definition) is 6. The summed E-state index contributed by atoms with van der Waals surface area (Å²) in [6.07, 6.45) is 0.859. The number of carbonyl (C=O) groups is 1. The lowest BCUT2D eigenvalue weighted by molar-refractivity contribution is -0.385. The number of pyridine rings is 1. The molecule has 1 aromatic heterocycles. The SMILES string of the molecule is CO[C@H]1CNCC1NC(=O)c1cc([N+](=O)[O-])cnc1Cl. The van der Waals surface area contributed by atoms with Crippen LogP contribution in [0.5, 0.6) is 0 Å². The Kier molecular flexibility index (Phi) is 4.48. The Bertz CT molecular complexity index is 539. The molecule has 108 valence electrons. The zero-order valence-electron chi connectivity index (χ0n) is 10.6. The highest BCUT2D eigenvalue weighted by atomic mass is 35.5. The molecule has 1 amide bonds. The predicted octanol–water partition coefficient (Wildman–Crippen LogP) is 0.360. The Morgan fingerprint density at radius 1 is 1.65 bits per heavy atom. The molecular weight excluding hydrogens is 288 g/mol. The topological polar surface area (TPSA) is 106 Å². The molecule has 0 saturated carbocycles. The van der Waals surface area contributed by atoms with Crippen LogP contribution in [-0.4, -0.2) is 48.2 Å². The van der Waals surface area contributed by atoms with Crippen molar-refractivity contribution < 1.29 is 14.5 Å². The molecule has 1 fully saturated rings. The van der Waals surface area contributed by atoms with E-state index in [9.17, 15) is 14.9 Å². The third-order valence-corrected chi connectivity index (χ3v) is 3.36. The molecule has 0 radical (unpaired) electrons. The Morgan fingerprint density at radius 3 is 3.05 bits per heavy atom. The summed E-state index contributed by atoms with van der Waals surface area (Å²) in [6, 6.07) is 0.886. The zero-order valence-corrected chi connectivity index (χ0v) is 11.4. The summed E-state index contributed by atoms with van der Waals surface area (Å²) in [5.41, 5.74) is -0.310. The smallest absolute Gasteiger partial charge is 0.288 e. The van der Waals surface area contributed by atoms with Gasteiger partial charge in [-0.05, 0) is 0 Å². The summed E-state index contributed by atoms with van der Waals surface area (Å²) in [4.78, 5) is 25.8. The first kappa shape index (κ1) is 14.6. The summed E-state index contributed by atoms with van der Waals surface area (Å²) >= 11 is 5.81. The lowest BCUT2D eigenvalue weighted by atomic mass is 10.2. The van der Waals surface area contributed by atoms with Crippen LogP contribution in [0.4, 0.5) is 5.69 Å². The van der Waals surface area contributed by atoms with Crippen LogP contribution < -0.4 is 10.6 Å². The second-order valence-corrected chi connectivity index (χ2v) is 4.66. The van der Waals surface area contributed by atoms with E-state index >= 15 is 0 Å². The number of methoxy groups -OCH3 is 1. The highest BCUT2D eigenvalue weighted by molar-refractivity contribution is 6.32. The lowest BCUT2D eigenvalue weighted by Crippen LogP contribution is -2.43. The van der Waals surface area contributed by atoms with E-state index in [0.29, 0.717) is 13.1 Å². The van der Waals surface area contributed by atoms with Gasteiger partial charge in [-0.25, -0.2) is 4.98 Å². The van der Waals surface area contributed by atoms with Crippen molar-refractivity contribution in [3.8, 4) is 0 Å². The van der Waals surface area contributed by atoms with E-state index in [4.69, 9.17) is 16.3 Å². The van der Waals surface area contributed by atoms with Gasteiger partial charge in [-0.3, -0.25) is 14.9 Å². The maximum Gasteiger partial charge on any atom is 0.288 e. The number of rotatable bonds is 4. The average Bonchev–Trinajstić information content (AvgIpc) is 2.86. The first-order valence-electron chi connectivity index (χ1n) is 5.87. The predicted molar refractivity (Wildman–Crippen MR) is 70.8 cm³/mol. The Balaban J connectivity index is 2.16. The standard InChI is InChI=1S/C11H13ClN4O4/c1-20-9-5-13-4-8(9)15-11(17)7-2-6(16(18)19)3-14-10(7)12/h2-3,8-9,13H,4-5H2,1H3,(H,15,17)/t8?,9-/m0/s1. The van der Waals surface area contributed by atoms with Crippen molar-refractivity contribution in [1.82, 2.24) is 15.6 Å². The molecule has 2 atom stereocenters. The molecule has 8 nitrogen and oxygen atoms in total. The van der Waals surface area contributed by atoms with Gasteiger partial charge in [-0.15, -0.1) is 0 Å². The molecule has 1 aliphatic rings. The maximum absolute atomic E-state index is 12.1. The van der Waals surface area contributed by atoms with Gasteiger partial charge >= 0.3 is 0 Å². The Hall–Kier alpha value is -1.77. The number of carbonyl (C=O) groups excluding carboxylic acids is 1. The van der Waals surface area contributed by atoms with E-state index < -0.39 is 10.8 Å². The van der Waals surface area contributed by atoms with Crippen molar-refractivity contribution in [2.45, 2.75) is 12.1 Å². The van der Waals surface area contributed by atoms with E-state index in [1.165, 1.54) is 0 Å². The number of halogens is 1. The number of nitrogens with one attached hydrogen (secondary N) is 2. The van der Waals surface area contributed by atoms with Crippen molar-refractivity contribution >= 4 is 23.2 Å². The minimum absolute atomic E-state index is 0.0254. The summed E-state index contributed by atoms with van der Waals surface area (Å²) in [5, 5.41) is 16.4. The summed E-state index contributed by atoms with van der Waals surface area (Å²) in [5.74, 6) is -0.512. The summed E-state index contributed by atoms with van der Waals surface area (Å²) < 4.78 is 5.22. The third-order valence-electron chi connectivity index (χ3n) is 3.06. The molecule has 2 heterocycles. The zero-order chi connectivity index (χ0) is 14.7. The Labute approximate surface area is 119 Å². The van der Waals surface area contributed by atoms with Gasteiger partial charge in [-0.2, -0.15) is 0 Å². The quantitative estimate of drug-likeness (QED) is 0.472. The molecular formula is C11H13ClN4O4. The highest BCUT2D eigenvalue weighted by Crippen LogP contribution is 2.19. The fraction of sp³-hybridized carbons (Fsp3) is 0.455. The minimum Gasteiger partial charge on any atom is -0.378 e. The van der Waals surface area contributed by atoms with Crippen molar-refractivity contribution in [3.05, 3.63) is 33.1 Å². The largest absolute Gasteiger partial charge is 0.378 e. The summed E-state index contributed by atoms with van der Waals surface area (Å²) in [7, 11) is 1.55. The molecule has 20 heavy (non-hydrogen) atoms. The number of aromatic nitrogens is 1. The molecule has 1 aliphatic heterocycles. The highest BCUT2D eigenvalue weighted by Gasteiger charge is 2.29. The second-order valence-electron chi connectivity index (χ2n) is 4.30. The summed E-state index contributed by atoms with van der Waals surface area (Å²) in [6.45, 7) is 1.19. The number of hydrogen-bond donors (Lipinski definition) is 2. The normalized spacial score (nSPS) is 21.7. The molecule has 9 heteroatoms. The number of nitrogens with zero attached hydrogens (tertiary/aromatic N) is 2. The fourth-order valence-electron chi connectivity index (χ4n) is 1.99. The monoisotopic (exact) mass is 300 g/mol. The molecule has 2 rings (SSSR count). The second kappa shape index (κ2) is 6.12. The van der Waals surface area contributed by atoms with Crippen molar-refractivity contribution in [1.29, 1.82) is 0 Å². The Morgan fingerprint density at radius 2 is 2.40 bits per heavy atom. The maximum atomic E-state index is 12.1. The van der Waals surface area contributed by atoms with Gasteiger partial charge in [0.2, 0.25) is 0 Å². The van der Waals surface area contributed by atoms with Gasteiger partial charge in [-0.1, -0.05) is 11.6 Å². The van der Waals surface area contributed by atoms with Crippen LogP contribution in [0.15, 0.2) is 12.3 Å². The van der Waals surface area contributed by atoms with Crippen LogP contribution in [0, 0.1) is 10.1 Å². The molecule has 0 spiro atoms. The van der Waals surface area contributed by atoms with Crippen LogP contribution in [0.25, 0.3) is 0 Å². The van der Waals surface area contributed by atoms with Gasteiger partial charge < -0.3 is 15.4 Å². The molecule has 0 aliphatic carbocycles. The van der Waals surface area contributed by atoms with Crippen molar-refractivity contribution in [2.75, 3.05) is 20.2 Å². The van der Waals surface area contributed by atoms with Gasteiger partial charge in [0.1, 0.15) is 11.3 Å². The molecule has 1 unspecified atom stereocenters. The molecule has 1 saturated heterocycles. The van der Waals surface area contributed by atoms with E-state index in [1.54, 1.807) is 7.11 Å². The number of nitro groups is 1. The lowest BCUT2D eigenvalue weighted by Gasteiger charge is -2.18. The fourth-order valence-corrected chi connectivity index (χ4v) is 2.18. The van der Waals surface area contributed by atoms with Crippen LogP contribution in [0.1, 0.15) is 10.4 Å². The van der Waals surface area contributed by atoms with Gasteiger partial charge in [0.25, 0.3) is 11.6 Å². The van der Waals surface area contributed by atoms with Crippen molar-refractivity contribution in [2.24, 2.45) is 0 Å². The van der Waals surface area contributed by atoms with E-state index in [-0.39, 0.29) is 28.5 Å². The average molecular weight is 301 g/mol. The molecule has 0 aromatic carbocycles. The van der Waals surface area contributed by atoms with E-state index in [1.807, 2.05) is 0 Å². The van der Waals surface area contributed by atoms with Gasteiger partial charge in [0.15, 0.2) is 0 Å². The third kappa shape index (κ3) is 3.03. The first-order valence-corrected chi connectivity index (χ1v) is 6.25. The van der Waals surface area contributed by atoms with Crippen LogP contribution >= 0.6 is 11.6 Å². The molecule has 1 aromatic rings. The first-order chi connectivity index (χ1) is 9.52. The van der Waals surface area contributed by atoms with Crippen molar-refractivity contribution in [3.63, 3.8) is 0 Å². The van der Waals surface area contributed by atoms with Crippen LogP contribution in [0.3, 0.4) is 0 Å². The number of amides is 1. The molecule has 0 bridgehead atoms.